The zero-order chi connectivity index (χ0) is 18.7. The Morgan fingerprint density at radius 1 is 1.42 bits per heavy atom. The van der Waals surface area contributed by atoms with E-state index in [1.54, 1.807) is 32.0 Å². The van der Waals surface area contributed by atoms with E-state index in [0.717, 1.165) is 6.20 Å². The number of halogens is 1. The molecule has 1 saturated heterocycles. The van der Waals surface area contributed by atoms with Crippen molar-refractivity contribution < 1.29 is 18.4 Å². The third-order valence-electron chi connectivity index (χ3n) is 3.48. The highest BCUT2D eigenvalue weighted by molar-refractivity contribution is 6.04. The molecule has 2 aromatic rings. The molecular weight excluding hydrogens is 341 g/mol. The van der Waals surface area contributed by atoms with Crippen LogP contribution in [-0.2, 0) is 4.79 Å². The molecule has 1 aliphatic rings. The van der Waals surface area contributed by atoms with Gasteiger partial charge >= 0.3 is 6.03 Å². The van der Waals surface area contributed by atoms with Crippen LogP contribution in [0.1, 0.15) is 25.6 Å². The average Bonchev–Trinajstić information content (AvgIpc) is 3.14. The number of anilines is 1. The topological polar surface area (TPSA) is 109 Å². The van der Waals surface area contributed by atoms with Crippen LogP contribution >= 0.6 is 0 Å². The molecule has 0 aromatic carbocycles. The second-order valence-corrected chi connectivity index (χ2v) is 5.50. The van der Waals surface area contributed by atoms with Crippen LogP contribution in [0, 0.1) is 0 Å². The summed E-state index contributed by atoms with van der Waals surface area (Å²) in [4.78, 5) is 31.0. The van der Waals surface area contributed by atoms with Crippen molar-refractivity contribution in [3.63, 3.8) is 0 Å². The van der Waals surface area contributed by atoms with Crippen LogP contribution in [0.5, 0.6) is 0 Å². The summed E-state index contributed by atoms with van der Waals surface area (Å²) in [5, 5.41) is 7.56. The molecule has 0 spiro atoms. The lowest BCUT2D eigenvalue weighted by Gasteiger charge is -2.04. The van der Waals surface area contributed by atoms with Crippen LogP contribution in [-0.4, -0.2) is 23.1 Å². The number of aliphatic imine (C=N–C) groups is 1. The SMILES string of the molecule is CC=N/C=C(F)\C=C(/C)Nc1ccc2oc(C3NC(=O)NC3=O)cc2n1. The van der Waals surface area contributed by atoms with Crippen molar-refractivity contribution in [3.8, 4) is 0 Å². The Morgan fingerprint density at radius 3 is 2.92 bits per heavy atom. The Morgan fingerprint density at radius 2 is 2.23 bits per heavy atom. The first kappa shape index (κ1) is 17.3. The minimum absolute atomic E-state index is 0.284. The molecule has 26 heavy (non-hydrogen) atoms. The Hall–Kier alpha value is -3.49. The number of hydrogen-bond acceptors (Lipinski definition) is 6. The minimum Gasteiger partial charge on any atom is -0.457 e. The molecule has 0 saturated carbocycles. The van der Waals surface area contributed by atoms with E-state index in [1.807, 2.05) is 0 Å². The molecule has 1 aliphatic heterocycles. The number of hydrogen-bond donors (Lipinski definition) is 3. The maximum atomic E-state index is 13.6. The van der Waals surface area contributed by atoms with Crippen LogP contribution in [0.15, 0.2) is 51.4 Å². The van der Waals surface area contributed by atoms with E-state index in [2.05, 4.69) is 25.9 Å². The molecule has 0 aliphatic carbocycles. The second-order valence-electron chi connectivity index (χ2n) is 5.50. The van der Waals surface area contributed by atoms with Gasteiger partial charge in [-0.05, 0) is 32.1 Å². The molecule has 2 aromatic heterocycles. The third kappa shape index (κ3) is 3.77. The number of rotatable bonds is 5. The molecule has 0 radical (unpaired) electrons. The van der Waals surface area contributed by atoms with Crippen molar-refractivity contribution in [2.75, 3.05) is 5.32 Å². The van der Waals surface area contributed by atoms with Gasteiger partial charge in [0.1, 0.15) is 22.9 Å². The fourth-order valence-corrected chi connectivity index (χ4v) is 2.40. The number of nitrogens with one attached hydrogen (secondary N) is 3. The van der Waals surface area contributed by atoms with Crippen molar-refractivity contribution in [3.05, 3.63) is 47.8 Å². The summed E-state index contributed by atoms with van der Waals surface area (Å²) in [6.07, 6.45) is 3.87. The van der Waals surface area contributed by atoms with E-state index in [4.69, 9.17) is 4.42 Å². The van der Waals surface area contributed by atoms with Gasteiger partial charge in [0.05, 0.1) is 6.20 Å². The zero-order valence-electron chi connectivity index (χ0n) is 14.0. The summed E-state index contributed by atoms with van der Waals surface area (Å²) in [6.45, 7) is 3.38. The van der Waals surface area contributed by atoms with E-state index in [9.17, 15) is 14.0 Å². The molecule has 134 valence electrons. The number of fused-ring (bicyclic) bond motifs is 1. The number of aromatic nitrogens is 1. The summed E-state index contributed by atoms with van der Waals surface area (Å²) in [6, 6.07) is 3.45. The van der Waals surface area contributed by atoms with E-state index in [-0.39, 0.29) is 5.76 Å². The van der Waals surface area contributed by atoms with Gasteiger partial charge in [-0.1, -0.05) is 0 Å². The van der Waals surface area contributed by atoms with E-state index in [0.29, 0.717) is 22.6 Å². The highest BCUT2D eigenvalue weighted by Gasteiger charge is 2.33. The van der Waals surface area contributed by atoms with Gasteiger partial charge in [0, 0.05) is 18.0 Å². The highest BCUT2D eigenvalue weighted by Crippen LogP contribution is 2.26. The normalized spacial score (nSPS) is 18.5. The summed E-state index contributed by atoms with van der Waals surface area (Å²) >= 11 is 0. The summed E-state index contributed by atoms with van der Waals surface area (Å²) in [5.41, 5.74) is 1.49. The van der Waals surface area contributed by atoms with Gasteiger partial charge < -0.3 is 15.1 Å². The molecule has 3 N–H and O–H groups in total. The standard InChI is InChI=1S/C17H16FN5O3/c1-3-19-8-10(18)6-9(2)20-14-5-4-12-11(21-14)7-13(26-12)15-16(24)23-17(25)22-15/h3-8,15H,1-2H3,(H,20,21)(H2,22,23,24,25)/b9-6+,10-8+,19-3?. The predicted octanol–water partition coefficient (Wildman–Crippen LogP) is 2.93. The molecular formula is C17H16FN5O3. The zero-order valence-corrected chi connectivity index (χ0v) is 14.0. The van der Waals surface area contributed by atoms with Crippen LogP contribution in [0.4, 0.5) is 15.0 Å². The maximum absolute atomic E-state index is 13.6. The van der Waals surface area contributed by atoms with Gasteiger partial charge in [-0.15, -0.1) is 0 Å². The number of furan rings is 1. The first-order valence-electron chi connectivity index (χ1n) is 7.77. The number of imide groups is 1. The fraction of sp³-hybridized carbons (Fsp3) is 0.176. The lowest BCUT2D eigenvalue weighted by molar-refractivity contribution is -0.120. The molecule has 0 bridgehead atoms. The van der Waals surface area contributed by atoms with Gasteiger partial charge in [0.2, 0.25) is 0 Å². The number of allylic oxidation sites excluding steroid dienone is 3. The molecule has 1 unspecified atom stereocenters. The fourth-order valence-electron chi connectivity index (χ4n) is 2.40. The number of urea groups is 1. The lowest BCUT2D eigenvalue weighted by Crippen LogP contribution is -2.22. The van der Waals surface area contributed by atoms with Gasteiger partial charge in [-0.25, -0.2) is 14.2 Å². The summed E-state index contributed by atoms with van der Waals surface area (Å²) in [7, 11) is 0. The van der Waals surface area contributed by atoms with Gasteiger partial charge in [-0.3, -0.25) is 15.1 Å². The van der Waals surface area contributed by atoms with Crippen molar-refractivity contribution in [2.45, 2.75) is 19.9 Å². The van der Waals surface area contributed by atoms with E-state index in [1.165, 1.54) is 12.3 Å². The monoisotopic (exact) mass is 357 g/mol. The minimum atomic E-state index is -0.881. The van der Waals surface area contributed by atoms with Crippen molar-refractivity contribution >= 4 is 35.1 Å². The Kier molecular flexibility index (Phi) is 4.78. The largest absolute Gasteiger partial charge is 0.457 e. The van der Waals surface area contributed by atoms with Crippen LogP contribution in [0.2, 0.25) is 0 Å². The van der Waals surface area contributed by atoms with Crippen molar-refractivity contribution in [1.82, 2.24) is 15.6 Å². The molecule has 8 nitrogen and oxygen atoms in total. The molecule has 3 heterocycles. The van der Waals surface area contributed by atoms with E-state index < -0.39 is 23.8 Å². The quantitative estimate of drug-likeness (QED) is 0.433. The first-order chi connectivity index (χ1) is 12.5. The van der Waals surface area contributed by atoms with Gasteiger partial charge in [-0.2, -0.15) is 0 Å². The predicted molar refractivity (Wildman–Crippen MR) is 94.2 cm³/mol. The van der Waals surface area contributed by atoms with Crippen LogP contribution in [0.3, 0.4) is 0 Å². The number of carbonyl (C=O) groups is 2. The average molecular weight is 357 g/mol. The van der Waals surface area contributed by atoms with Gasteiger partial charge in [0.25, 0.3) is 5.91 Å². The highest BCUT2D eigenvalue weighted by atomic mass is 19.1. The van der Waals surface area contributed by atoms with Gasteiger partial charge in [0.15, 0.2) is 11.6 Å². The number of nitrogens with zero attached hydrogens (tertiary/aromatic N) is 2. The number of pyridine rings is 1. The summed E-state index contributed by atoms with van der Waals surface area (Å²) in [5.74, 6) is -0.220. The molecule has 9 heteroatoms. The molecule has 1 fully saturated rings. The number of carbonyl (C=O) groups excluding carboxylic acids is 2. The molecule has 3 rings (SSSR count). The Balaban J connectivity index is 1.80. The summed E-state index contributed by atoms with van der Waals surface area (Å²) < 4.78 is 19.1. The molecule has 1 atom stereocenters. The number of amides is 3. The second kappa shape index (κ2) is 7.18. The third-order valence-corrected chi connectivity index (χ3v) is 3.48. The first-order valence-corrected chi connectivity index (χ1v) is 7.77. The van der Waals surface area contributed by atoms with Crippen molar-refractivity contribution in [1.29, 1.82) is 0 Å². The molecule has 3 amide bonds. The maximum Gasteiger partial charge on any atom is 0.322 e. The lowest BCUT2D eigenvalue weighted by atomic mass is 10.2. The Bertz CT molecular complexity index is 960. The smallest absolute Gasteiger partial charge is 0.322 e. The Labute approximate surface area is 147 Å². The van der Waals surface area contributed by atoms with Crippen LogP contribution < -0.4 is 16.0 Å². The van der Waals surface area contributed by atoms with Crippen molar-refractivity contribution in [2.24, 2.45) is 4.99 Å². The van der Waals surface area contributed by atoms with E-state index >= 15 is 0 Å². The van der Waals surface area contributed by atoms with Crippen LogP contribution in [0.25, 0.3) is 11.1 Å².